The molecule has 0 aliphatic heterocycles. The van der Waals surface area contributed by atoms with Crippen molar-refractivity contribution in [2.75, 3.05) is 5.32 Å². The Balaban J connectivity index is 2.05. The molecule has 4 nitrogen and oxygen atoms in total. The van der Waals surface area contributed by atoms with Gasteiger partial charge in [0.1, 0.15) is 0 Å². The van der Waals surface area contributed by atoms with Gasteiger partial charge in [-0.3, -0.25) is 9.59 Å². The van der Waals surface area contributed by atoms with Crippen molar-refractivity contribution in [2.45, 2.75) is 6.42 Å². The second-order valence-corrected chi connectivity index (χ2v) is 4.28. The van der Waals surface area contributed by atoms with Crippen molar-refractivity contribution in [3.8, 4) is 0 Å². The summed E-state index contributed by atoms with van der Waals surface area (Å²) in [5.41, 5.74) is -0.0291. The van der Waals surface area contributed by atoms with Crippen LogP contribution in [0.1, 0.15) is 6.42 Å². The van der Waals surface area contributed by atoms with Crippen molar-refractivity contribution in [3.05, 3.63) is 29.0 Å². The molecule has 1 aliphatic carbocycles. The Morgan fingerprint density at radius 2 is 2.12 bits per heavy atom. The summed E-state index contributed by atoms with van der Waals surface area (Å²) in [6, 6.07) is 4.24. The van der Waals surface area contributed by atoms with Gasteiger partial charge in [-0.05, 0) is 18.6 Å². The molecule has 1 saturated carbocycles. The lowest BCUT2D eigenvalue weighted by atomic mass is 10.2. The molecule has 1 aromatic rings. The second-order valence-electron chi connectivity index (χ2n) is 3.88. The first-order chi connectivity index (χ1) is 8.00. The number of carbonyl (C=O) groups excluding carboxylic acids is 1. The molecule has 1 aliphatic rings. The number of hydrogen-bond donors (Lipinski definition) is 2. The Morgan fingerprint density at radius 3 is 2.71 bits per heavy atom. The van der Waals surface area contributed by atoms with Gasteiger partial charge in [0.25, 0.3) is 0 Å². The minimum absolute atomic E-state index is 0.0291. The first kappa shape index (κ1) is 11.9. The van der Waals surface area contributed by atoms with Crippen molar-refractivity contribution < 1.29 is 19.1 Å². The van der Waals surface area contributed by atoms with Crippen molar-refractivity contribution in [2.24, 2.45) is 11.8 Å². The number of hydrogen-bond acceptors (Lipinski definition) is 2. The lowest BCUT2D eigenvalue weighted by molar-refractivity contribution is -0.139. The Kier molecular flexibility index (Phi) is 3.02. The summed E-state index contributed by atoms with van der Waals surface area (Å²) in [6.07, 6.45) is 0.295. The highest BCUT2D eigenvalue weighted by atomic mass is 35.5. The van der Waals surface area contributed by atoms with E-state index in [0.29, 0.717) is 6.42 Å². The fraction of sp³-hybridized carbons (Fsp3) is 0.273. The summed E-state index contributed by atoms with van der Waals surface area (Å²) in [5.74, 6) is -3.44. The van der Waals surface area contributed by atoms with Gasteiger partial charge in [0.15, 0.2) is 5.82 Å². The summed E-state index contributed by atoms with van der Waals surface area (Å²) in [4.78, 5) is 22.1. The van der Waals surface area contributed by atoms with Gasteiger partial charge in [0.2, 0.25) is 5.91 Å². The van der Waals surface area contributed by atoms with Crippen molar-refractivity contribution >= 4 is 29.2 Å². The average molecular weight is 258 g/mol. The Bertz CT molecular complexity index is 492. The zero-order chi connectivity index (χ0) is 12.6. The summed E-state index contributed by atoms with van der Waals surface area (Å²) in [7, 11) is 0. The monoisotopic (exact) mass is 257 g/mol. The fourth-order valence-electron chi connectivity index (χ4n) is 1.58. The highest BCUT2D eigenvalue weighted by molar-refractivity contribution is 6.31. The average Bonchev–Trinajstić information content (AvgIpc) is 3.04. The maximum Gasteiger partial charge on any atom is 0.307 e. The van der Waals surface area contributed by atoms with E-state index < -0.39 is 29.5 Å². The minimum Gasteiger partial charge on any atom is -0.481 e. The normalized spacial score (nSPS) is 22.0. The molecule has 0 radical (unpaired) electrons. The predicted molar refractivity (Wildman–Crippen MR) is 59.3 cm³/mol. The van der Waals surface area contributed by atoms with Crippen molar-refractivity contribution in [1.29, 1.82) is 0 Å². The van der Waals surface area contributed by atoms with Gasteiger partial charge in [-0.15, -0.1) is 0 Å². The molecule has 6 heteroatoms. The third-order valence-electron chi connectivity index (χ3n) is 2.65. The van der Waals surface area contributed by atoms with Gasteiger partial charge in [-0.1, -0.05) is 17.7 Å². The van der Waals surface area contributed by atoms with E-state index >= 15 is 0 Å². The standard InChI is InChI=1S/C11H9ClFNO3/c12-7-2-1-3-8(9(7)13)14-10(15)5-4-6(5)11(16)17/h1-3,5-6H,4H2,(H,14,15)(H,16,17)/t5-,6+/m1/s1. The number of amides is 1. The molecule has 17 heavy (non-hydrogen) atoms. The van der Waals surface area contributed by atoms with Crippen LogP contribution < -0.4 is 5.32 Å². The Hall–Kier alpha value is -1.62. The predicted octanol–water partition coefficient (Wildman–Crippen LogP) is 2.14. The molecular formula is C11H9ClFNO3. The lowest BCUT2D eigenvalue weighted by Gasteiger charge is -2.06. The molecule has 0 heterocycles. The van der Waals surface area contributed by atoms with E-state index in [1.54, 1.807) is 0 Å². The maximum absolute atomic E-state index is 13.4. The molecule has 1 fully saturated rings. The molecule has 0 saturated heterocycles. The van der Waals surface area contributed by atoms with Crippen LogP contribution in [0.5, 0.6) is 0 Å². The van der Waals surface area contributed by atoms with Gasteiger partial charge < -0.3 is 10.4 Å². The van der Waals surface area contributed by atoms with Crippen LogP contribution in [-0.4, -0.2) is 17.0 Å². The fourth-order valence-corrected chi connectivity index (χ4v) is 1.76. The molecule has 0 unspecified atom stereocenters. The zero-order valence-corrected chi connectivity index (χ0v) is 9.37. The SMILES string of the molecule is O=C(O)[C@H]1C[C@H]1C(=O)Nc1cccc(Cl)c1F. The van der Waals surface area contributed by atoms with E-state index in [2.05, 4.69) is 5.32 Å². The first-order valence-corrected chi connectivity index (χ1v) is 5.36. The Labute approximate surface area is 101 Å². The number of carbonyl (C=O) groups is 2. The molecule has 90 valence electrons. The molecule has 0 aromatic heterocycles. The van der Waals surface area contributed by atoms with Crippen molar-refractivity contribution in [1.82, 2.24) is 0 Å². The van der Waals surface area contributed by atoms with Gasteiger partial charge in [0, 0.05) is 0 Å². The number of carboxylic acid groups (broad SMARTS) is 1. The molecule has 2 N–H and O–H groups in total. The highest BCUT2D eigenvalue weighted by Crippen LogP contribution is 2.39. The van der Waals surface area contributed by atoms with Crippen LogP contribution in [0, 0.1) is 17.7 Å². The van der Waals surface area contributed by atoms with Gasteiger partial charge >= 0.3 is 5.97 Å². The number of anilines is 1. The summed E-state index contributed by atoms with van der Waals surface area (Å²) >= 11 is 5.55. The number of nitrogens with one attached hydrogen (secondary N) is 1. The van der Waals surface area contributed by atoms with Crippen LogP contribution in [-0.2, 0) is 9.59 Å². The number of aliphatic carboxylic acids is 1. The van der Waals surface area contributed by atoms with Crippen LogP contribution in [0.3, 0.4) is 0 Å². The maximum atomic E-state index is 13.4. The number of halogens is 2. The lowest BCUT2D eigenvalue weighted by Crippen LogP contribution is -2.17. The minimum atomic E-state index is -1.00. The van der Waals surface area contributed by atoms with Gasteiger partial charge in [-0.2, -0.15) is 0 Å². The van der Waals surface area contributed by atoms with Crippen molar-refractivity contribution in [3.63, 3.8) is 0 Å². The summed E-state index contributed by atoms with van der Waals surface area (Å²) in [6.45, 7) is 0. The van der Waals surface area contributed by atoms with E-state index in [1.165, 1.54) is 18.2 Å². The zero-order valence-electron chi connectivity index (χ0n) is 8.61. The highest BCUT2D eigenvalue weighted by Gasteiger charge is 2.48. The van der Waals surface area contributed by atoms with E-state index in [4.69, 9.17) is 16.7 Å². The third kappa shape index (κ3) is 2.39. The molecule has 1 amide bonds. The van der Waals surface area contributed by atoms with E-state index in [-0.39, 0.29) is 10.7 Å². The summed E-state index contributed by atoms with van der Waals surface area (Å²) < 4.78 is 13.4. The number of rotatable bonds is 3. The molecule has 0 bridgehead atoms. The summed E-state index contributed by atoms with van der Waals surface area (Å²) in [5, 5.41) is 10.9. The molecule has 2 atom stereocenters. The van der Waals surface area contributed by atoms with Gasteiger partial charge in [0.05, 0.1) is 22.5 Å². The van der Waals surface area contributed by atoms with Crippen LogP contribution >= 0.6 is 11.6 Å². The second kappa shape index (κ2) is 4.33. The van der Waals surface area contributed by atoms with Crippen LogP contribution in [0.15, 0.2) is 18.2 Å². The largest absolute Gasteiger partial charge is 0.481 e. The van der Waals surface area contributed by atoms with Crippen LogP contribution in [0.4, 0.5) is 10.1 Å². The topological polar surface area (TPSA) is 66.4 Å². The van der Waals surface area contributed by atoms with Gasteiger partial charge in [-0.25, -0.2) is 4.39 Å². The number of carboxylic acids is 1. The van der Waals surface area contributed by atoms with E-state index in [0.717, 1.165) is 0 Å². The Morgan fingerprint density at radius 1 is 1.41 bits per heavy atom. The van der Waals surface area contributed by atoms with Crippen LogP contribution in [0.25, 0.3) is 0 Å². The smallest absolute Gasteiger partial charge is 0.307 e. The first-order valence-electron chi connectivity index (χ1n) is 4.98. The molecular weight excluding hydrogens is 249 g/mol. The number of benzene rings is 1. The third-order valence-corrected chi connectivity index (χ3v) is 2.95. The van der Waals surface area contributed by atoms with Crippen LogP contribution in [0.2, 0.25) is 5.02 Å². The van der Waals surface area contributed by atoms with E-state index in [1.807, 2.05) is 0 Å². The molecule has 0 spiro atoms. The quantitative estimate of drug-likeness (QED) is 0.872. The molecule has 2 rings (SSSR count). The molecule has 1 aromatic carbocycles. The van der Waals surface area contributed by atoms with E-state index in [9.17, 15) is 14.0 Å².